The van der Waals surface area contributed by atoms with E-state index in [9.17, 15) is 19.2 Å². The first-order chi connectivity index (χ1) is 14.9. The van der Waals surface area contributed by atoms with E-state index in [-0.39, 0.29) is 6.54 Å². The van der Waals surface area contributed by atoms with Crippen LogP contribution < -0.4 is 21.1 Å². The third kappa shape index (κ3) is 7.46. The molecule has 0 atom stereocenters. The van der Waals surface area contributed by atoms with Gasteiger partial charge in [-0.15, -0.1) is 0 Å². The predicted octanol–water partition coefficient (Wildman–Crippen LogP) is 1.27. The largest absolute Gasteiger partial charge is 0.454 e. The van der Waals surface area contributed by atoms with E-state index in [0.29, 0.717) is 11.1 Å². The summed E-state index contributed by atoms with van der Waals surface area (Å²) in [6.45, 7) is 4.82. The normalized spacial score (nSPS) is 10.0. The molecule has 3 amide bonds. The zero-order valence-corrected chi connectivity index (χ0v) is 17.5. The van der Waals surface area contributed by atoms with Crippen molar-refractivity contribution in [2.75, 3.05) is 31.1 Å². The minimum Gasteiger partial charge on any atom is -0.454 e. The number of amides is 3. The number of anilines is 1. The van der Waals surface area contributed by atoms with Gasteiger partial charge in [-0.3, -0.25) is 30.0 Å². The van der Waals surface area contributed by atoms with Crippen LogP contribution in [0.2, 0.25) is 0 Å². The number of nitrogens with zero attached hydrogens (tertiary/aromatic N) is 1. The van der Waals surface area contributed by atoms with E-state index in [1.807, 2.05) is 26.0 Å². The lowest BCUT2D eigenvalue weighted by atomic mass is 10.2. The minimum atomic E-state index is -0.780. The Morgan fingerprint density at radius 3 is 2.03 bits per heavy atom. The highest BCUT2D eigenvalue weighted by Crippen LogP contribution is 2.14. The molecule has 0 saturated heterocycles. The fourth-order valence-electron chi connectivity index (χ4n) is 2.69. The van der Waals surface area contributed by atoms with E-state index in [2.05, 4.69) is 21.1 Å². The van der Waals surface area contributed by atoms with Crippen LogP contribution in [0.3, 0.4) is 0 Å². The topological polar surface area (TPSA) is 117 Å². The molecule has 0 heterocycles. The summed E-state index contributed by atoms with van der Waals surface area (Å²) in [6, 6.07) is 15.3. The summed E-state index contributed by atoms with van der Waals surface area (Å²) in [7, 11) is 0. The van der Waals surface area contributed by atoms with Gasteiger partial charge in [0.15, 0.2) is 6.61 Å². The second-order valence-electron chi connectivity index (χ2n) is 6.43. The van der Waals surface area contributed by atoms with Crippen molar-refractivity contribution < 1.29 is 23.9 Å². The molecule has 164 valence electrons. The summed E-state index contributed by atoms with van der Waals surface area (Å²) in [5.74, 6) is -2.42. The zero-order valence-electron chi connectivity index (χ0n) is 17.5. The molecule has 2 rings (SSSR count). The molecule has 2 aromatic carbocycles. The Bertz CT molecular complexity index is 896. The molecule has 0 bridgehead atoms. The highest BCUT2D eigenvalue weighted by Gasteiger charge is 2.12. The van der Waals surface area contributed by atoms with Gasteiger partial charge in [-0.2, -0.15) is 0 Å². The Balaban J connectivity index is 1.69. The number of hydrazine groups is 1. The van der Waals surface area contributed by atoms with Crippen LogP contribution in [0.1, 0.15) is 34.6 Å². The van der Waals surface area contributed by atoms with Gasteiger partial charge in [-0.1, -0.05) is 18.2 Å². The van der Waals surface area contributed by atoms with Crippen LogP contribution >= 0.6 is 0 Å². The third-order valence-corrected chi connectivity index (χ3v) is 4.37. The standard InChI is InChI=1S/C22H26N4O5/c1-3-26(4-2)18-12-10-17(11-13-18)22(30)25-24-19(27)15-31-20(28)14-23-21(29)16-8-6-5-7-9-16/h5-13H,3-4,14-15H2,1-2H3,(H,23,29)(H,24,27)(H,25,30). The number of ether oxygens (including phenoxy) is 1. The van der Waals surface area contributed by atoms with Gasteiger partial charge < -0.3 is 15.0 Å². The second kappa shape index (κ2) is 12.0. The van der Waals surface area contributed by atoms with Crippen LogP contribution in [-0.4, -0.2) is 49.9 Å². The van der Waals surface area contributed by atoms with E-state index >= 15 is 0 Å². The Hall–Kier alpha value is -3.88. The molecule has 31 heavy (non-hydrogen) atoms. The fraction of sp³-hybridized carbons (Fsp3) is 0.273. The number of nitrogens with one attached hydrogen (secondary N) is 3. The first-order valence-electron chi connectivity index (χ1n) is 9.87. The van der Waals surface area contributed by atoms with Crippen LogP contribution in [0.25, 0.3) is 0 Å². The summed E-state index contributed by atoms with van der Waals surface area (Å²) < 4.78 is 4.77. The molecule has 0 saturated carbocycles. The smallest absolute Gasteiger partial charge is 0.325 e. The average Bonchev–Trinajstić information content (AvgIpc) is 2.81. The van der Waals surface area contributed by atoms with E-state index in [4.69, 9.17) is 4.74 Å². The first kappa shape index (κ1) is 23.4. The van der Waals surface area contributed by atoms with E-state index in [1.165, 1.54) is 0 Å². The molecule has 0 unspecified atom stereocenters. The second-order valence-corrected chi connectivity index (χ2v) is 6.43. The molecule has 9 nitrogen and oxygen atoms in total. The maximum absolute atomic E-state index is 12.1. The number of hydrogen-bond donors (Lipinski definition) is 3. The van der Waals surface area contributed by atoms with Gasteiger partial charge in [0.05, 0.1) is 0 Å². The Morgan fingerprint density at radius 2 is 1.42 bits per heavy atom. The number of carbonyl (C=O) groups excluding carboxylic acids is 4. The van der Waals surface area contributed by atoms with Gasteiger partial charge in [0.25, 0.3) is 17.7 Å². The van der Waals surface area contributed by atoms with Gasteiger partial charge >= 0.3 is 5.97 Å². The van der Waals surface area contributed by atoms with Crippen molar-refractivity contribution in [3.05, 3.63) is 65.7 Å². The molecule has 0 aliphatic rings. The average molecular weight is 426 g/mol. The molecule has 0 spiro atoms. The summed E-state index contributed by atoms with van der Waals surface area (Å²) in [5.41, 5.74) is 6.20. The molecular formula is C22H26N4O5. The number of esters is 1. The quantitative estimate of drug-likeness (QED) is 0.411. The van der Waals surface area contributed by atoms with E-state index in [1.54, 1.807) is 42.5 Å². The maximum atomic E-state index is 12.1. The molecule has 9 heteroatoms. The van der Waals surface area contributed by atoms with Crippen LogP contribution in [0.5, 0.6) is 0 Å². The Kier molecular flexibility index (Phi) is 9.03. The Labute approximate surface area is 180 Å². The van der Waals surface area contributed by atoms with Crippen molar-refractivity contribution in [1.29, 1.82) is 0 Å². The Morgan fingerprint density at radius 1 is 0.806 bits per heavy atom. The van der Waals surface area contributed by atoms with Crippen LogP contribution in [-0.2, 0) is 14.3 Å². The van der Waals surface area contributed by atoms with Crippen molar-refractivity contribution in [3.8, 4) is 0 Å². The zero-order chi connectivity index (χ0) is 22.6. The number of hydrogen-bond acceptors (Lipinski definition) is 6. The van der Waals surface area contributed by atoms with E-state index < -0.39 is 30.3 Å². The van der Waals surface area contributed by atoms with Crippen LogP contribution in [0.15, 0.2) is 54.6 Å². The molecule has 0 fully saturated rings. The number of rotatable bonds is 9. The molecule has 0 radical (unpaired) electrons. The first-order valence-corrected chi connectivity index (χ1v) is 9.87. The van der Waals surface area contributed by atoms with Crippen molar-refractivity contribution in [1.82, 2.24) is 16.2 Å². The number of carbonyl (C=O) groups is 4. The van der Waals surface area contributed by atoms with Gasteiger partial charge in [0.1, 0.15) is 6.54 Å². The molecule has 0 aliphatic heterocycles. The molecular weight excluding hydrogens is 400 g/mol. The van der Waals surface area contributed by atoms with Crippen molar-refractivity contribution in [3.63, 3.8) is 0 Å². The molecule has 2 aromatic rings. The highest BCUT2D eigenvalue weighted by atomic mass is 16.5. The molecule has 0 aromatic heterocycles. The van der Waals surface area contributed by atoms with Crippen molar-refractivity contribution in [2.24, 2.45) is 0 Å². The lowest BCUT2D eigenvalue weighted by Gasteiger charge is -2.21. The van der Waals surface area contributed by atoms with E-state index in [0.717, 1.165) is 18.8 Å². The summed E-state index contributed by atoms with van der Waals surface area (Å²) in [4.78, 5) is 49.5. The fourth-order valence-corrected chi connectivity index (χ4v) is 2.69. The molecule has 0 aliphatic carbocycles. The minimum absolute atomic E-state index is 0.372. The predicted molar refractivity (Wildman–Crippen MR) is 115 cm³/mol. The van der Waals surface area contributed by atoms with Gasteiger partial charge in [-0.25, -0.2) is 0 Å². The lowest BCUT2D eigenvalue weighted by molar-refractivity contribution is -0.147. The summed E-state index contributed by atoms with van der Waals surface area (Å²) in [6.07, 6.45) is 0. The monoisotopic (exact) mass is 426 g/mol. The van der Waals surface area contributed by atoms with Crippen LogP contribution in [0.4, 0.5) is 5.69 Å². The van der Waals surface area contributed by atoms with Crippen molar-refractivity contribution in [2.45, 2.75) is 13.8 Å². The maximum Gasteiger partial charge on any atom is 0.325 e. The lowest BCUT2D eigenvalue weighted by Crippen LogP contribution is -2.44. The highest BCUT2D eigenvalue weighted by molar-refractivity contribution is 5.97. The van der Waals surface area contributed by atoms with Gasteiger partial charge in [0.2, 0.25) is 0 Å². The van der Waals surface area contributed by atoms with Gasteiger partial charge in [-0.05, 0) is 50.2 Å². The SMILES string of the molecule is CCN(CC)c1ccc(C(=O)NNC(=O)COC(=O)CNC(=O)c2ccccc2)cc1. The van der Waals surface area contributed by atoms with Crippen LogP contribution in [0, 0.1) is 0 Å². The summed E-state index contributed by atoms with van der Waals surface area (Å²) >= 11 is 0. The molecule has 3 N–H and O–H groups in total. The number of benzene rings is 2. The third-order valence-electron chi connectivity index (χ3n) is 4.37. The summed E-state index contributed by atoms with van der Waals surface area (Å²) in [5, 5.41) is 2.40. The van der Waals surface area contributed by atoms with Crippen molar-refractivity contribution >= 4 is 29.4 Å². The van der Waals surface area contributed by atoms with Gasteiger partial charge in [0, 0.05) is 29.9 Å².